The normalized spacial score (nSPS) is 14.3. The first-order chi connectivity index (χ1) is 11.8. The Morgan fingerprint density at radius 3 is 2.96 bits per heavy atom. The minimum absolute atomic E-state index is 0.0672. The number of carbonyl (C=O) groups is 1. The van der Waals surface area contributed by atoms with Crippen LogP contribution in [-0.4, -0.2) is 25.8 Å². The molecule has 0 spiro atoms. The average Bonchev–Trinajstić information content (AvgIpc) is 3.20. The molecule has 3 aromatic heterocycles. The highest BCUT2D eigenvalue weighted by Gasteiger charge is 2.29. The zero-order chi connectivity index (χ0) is 16.1. The van der Waals surface area contributed by atoms with Crippen LogP contribution in [0, 0.1) is 5.92 Å². The van der Waals surface area contributed by atoms with Gasteiger partial charge in [-0.3, -0.25) is 4.79 Å². The number of benzene rings is 1. The summed E-state index contributed by atoms with van der Waals surface area (Å²) in [5.41, 5.74) is 4.87. The molecule has 1 amide bonds. The van der Waals surface area contributed by atoms with Crippen molar-refractivity contribution in [2.24, 2.45) is 5.92 Å². The molecule has 24 heavy (non-hydrogen) atoms. The molecule has 3 heterocycles. The SMILES string of the molecule is O=C(Nc1ccc2c(-c3ccc4[nH]cnc4c3)c[nH]c2n1)C1CC1. The average molecular weight is 317 g/mol. The van der Waals surface area contributed by atoms with Crippen molar-refractivity contribution < 1.29 is 4.79 Å². The second-order valence-electron chi connectivity index (χ2n) is 6.19. The van der Waals surface area contributed by atoms with Gasteiger partial charge < -0.3 is 15.3 Å². The maximum Gasteiger partial charge on any atom is 0.228 e. The number of nitrogens with one attached hydrogen (secondary N) is 3. The summed E-state index contributed by atoms with van der Waals surface area (Å²) in [5, 5.41) is 3.90. The third-order valence-electron chi connectivity index (χ3n) is 4.47. The van der Waals surface area contributed by atoms with E-state index >= 15 is 0 Å². The van der Waals surface area contributed by atoms with Gasteiger partial charge in [-0.05, 0) is 42.7 Å². The van der Waals surface area contributed by atoms with Crippen molar-refractivity contribution in [3.8, 4) is 11.1 Å². The van der Waals surface area contributed by atoms with Gasteiger partial charge in [-0.2, -0.15) is 0 Å². The van der Waals surface area contributed by atoms with E-state index in [-0.39, 0.29) is 11.8 Å². The fraction of sp³-hybridized carbons (Fsp3) is 0.167. The quantitative estimate of drug-likeness (QED) is 0.541. The molecule has 0 atom stereocenters. The summed E-state index contributed by atoms with van der Waals surface area (Å²) >= 11 is 0. The lowest BCUT2D eigenvalue weighted by atomic mass is 10.1. The van der Waals surface area contributed by atoms with Crippen LogP contribution in [0.2, 0.25) is 0 Å². The number of pyridine rings is 1. The van der Waals surface area contributed by atoms with E-state index < -0.39 is 0 Å². The van der Waals surface area contributed by atoms with Crippen LogP contribution >= 0.6 is 0 Å². The van der Waals surface area contributed by atoms with E-state index in [1.54, 1.807) is 6.33 Å². The summed E-state index contributed by atoms with van der Waals surface area (Å²) in [6.07, 6.45) is 5.60. The number of hydrogen-bond donors (Lipinski definition) is 3. The number of fused-ring (bicyclic) bond motifs is 2. The Hall–Kier alpha value is -3.15. The highest BCUT2D eigenvalue weighted by molar-refractivity contribution is 5.98. The number of hydrogen-bond acceptors (Lipinski definition) is 3. The largest absolute Gasteiger partial charge is 0.345 e. The van der Waals surface area contributed by atoms with Crippen LogP contribution in [0.5, 0.6) is 0 Å². The van der Waals surface area contributed by atoms with Gasteiger partial charge in [0.05, 0.1) is 17.4 Å². The molecule has 0 unspecified atom stereocenters. The molecular formula is C18H15N5O. The van der Waals surface area contributed by atoms with Gasteiger partial charge in [-0.25, -0.2) is 9.97 Å². The van der Waals surface area contributed by atoms with Gasteiger partial charge in [0, 0.05) is 23.1 Å². The van der Waals surface area contributed by atoms with Crippen LogP contribution in [0.1, 0.15) is 12.8 Å². The Morgan fingerprint density at radius 2 is 2.08 bits per heavy atom. The van der Waals surface area contributed by atoms with Crippen molar-refractivity contribution in [2.75, 3.05) is 5.32 Å². The molecule has 0 radical (unpaired) electrons. The van der Waals surface area contributed by atoms with Crippen LogP contribution in [0.3, 0.4) is 0 Å². The highest BCUT2D eigenvalue weighted by Crippen LogP contribution is 2.32. The second-order valence-corrected chi connectivity index (χ2v) is 6.19. The number of aromatic amines is 2. The lowest BCUT2D eigenvalue weighted by Gasteiger charge is -2.04. The van der Waals surface area contributed by atoms with E-state index in [1.807, 2.05) is 24.4 Å². The molecule has 118 valence electrons. The number of imidazole rings is 1. The molecule has 0 bridgehead atoms. The Balaban J connectivity index is 1.53. The van der Waals surface area contributed by atoms with Gasteiger partial charge in [0.1, 0.15) is 11.5 Å². The maximum atomic E-state index is 11.9. The van der Waals surface area contributed by atoms with E-state index in [1.165, 1.54) is 0 Å². The zero-order valence-electron chi connectivity index (χ0n) is 12.8. The minimum Gasteiger partial charge on any atom is -0.345 e. The number of amides is 1. The lowest BCUT2D eigenvalue weighted by molar-refractivity contribution is -0.117. The summed E-state index contributed by atoms with van der Waals surface area (Å²) in [6, 6.07) is 9.98. The Kier molecular flexibility index (Phi) is 2.73. The van der Waals surface area contributed by atoms with E-state index in [4.69, 9.17) is 0 Å². The third kappa shape index (κ3) is 2.15. The predicted molar refractivity (Wildman–Crippen MR) is 92.5 cm³/mol. The first-order valence-corrected chi connectivity index (χ1v) is 8.00. The van der Waals surface area contributed by atoms with Crippen molar-refractivity contribution in [3.63, 3.8) is 0 Å². The van der Waals surface area contributed by atoms with E-state index in [2.05, 4.69) is 37.4 Å². The smallest absolute Gasteiger partial charge is 0.228 e. The molecule has 5 rings (SSSR count). The standard InChI is InChI=1S/C18H15N5O/c24-18(10-1-2-10)23-16-6-4-12-13(8-19-17(12)22-16)11-3-5-14-15(7-11)21-9-20-14/h3-10H,1-2H2,(H,20,21)(H2,19,22,23,24). The molecule has 1 aliphatic rings. The topological polar surface area (TPSA) is 86.5 Å². The van der Waals surface area contributed by atoms with Crippen LogP contribution in [0.15, 0.2) is 42.9 Å². The van der Waals surface area contributed by atoms with Crippen molar-refractivity contribution in [1.82, 2.24) is 19.9 Å². The molecule has 4 aromatic rings. The van der Waals surface area contributed by atoms with Gasteiger partial charge in [0.2, 0.25) is 5.91 Å². The summed E-state index contributed by atoms with van der Waals surface area (Å²) in [7, 11) is 0. The van der Waals surface area contributed by atoms with Crippen molar-refractivity contribution >= 4 is 33.8 Å². The number of H-pyrrole nitrogens is 2. The summed E-state index contributed by atoms with van der Waals surface area (Å²) in [6.45, 7) is 0. The van der Waals surface area contributed by atoms with Gasteiger partial charge in [-0.15, -0.1) is 0 Å². The molecule has 1 fully saturated rings. The van der Waals surface area contributed by atoms with E-state index in [9.17, 15) is 4.79 Å². The molecule has 1 aliphatic carbocycles. The Bertz CT molecular complexity index is 1070. The number of nitrogens with zero attached hydrogens (tertiary/aromatic N) is 2. The van der Waals surface area contributed by atoms with Crippen LogP contribution in [-0.2, 0) is 4.79 Å². The van der Waals surface area contributed by atoms with Crippen LogP contribution in [0.25, 0.3) is 33.2 Å². The zero-order valence-corrected chi connectivity index (χ0v) is 12.8. The third-order valence-corrected chi connectivity index (χ3v) is 4.47. The predicted octanol–water partition coefficient (Wildman–Crippen LogP) is 3.45. The van der Waals surface area contributed by atoms with Crippen LogP contribution < -0.4 is 5.32 Å². The molecule has 0 aliphatic heterocycles. The first-order valence-electron chi connectivity index (χ1n) is 8.00. The van der Waals surface area contributed by atoms with Crippen LogP contribution in [0.4, 0.5) is 5.82 Å². The summed E-state index contributed by atoms with van der Waals surface area (Å²) < 4.78 is 0. The molecule has 3 N–H and O–H groups in total. The van der Waals surface area contributed by atoms with Gasteiger partial charge in [0.25, 0.3) is 0 Å². The summed E-state index contributed by atoms with van der Waals surface area (Å²) in [5.74, 6) is 0.829. The number of aromatic nitrogens is 4. The lowest BCUT2D eigenvalue weighted by Crippen LogP contribution is -2.14. The van der Waals surface area contributed by atoms with Gasteiger partial charge in [0.15, 0.2) is 0 Å². The highest BCUT2D eigenvalue weighted by atomic mass is 16.2. The Morgan fingerprint density at radius 1 is 1.17 bits per heavy atom. The van der Waals surface area contributed by atoms with Crippen molar-refractivity contribution in [2.45, 2.75) is 12.8 Å². The molecule has 0 saturated heterocycles. The summed E-state index contributed by atoms with van der Waals surface area (Å²) in [4.78, 5) is 27.0. The Labute approximate surface area is 137 Å². The molecule has 1 aromatic carbocycles. The molecule has 6 heteroatoms. The number of anilines is 1. The maximum absolute atomic E-state index is 11.9. The fourth-order valence-electron chi connectivity index (χ4n) is 2.99. The number of carbonyl (C=O) groups excluding carboxylic acids is 1. The molecule has 1 saturated carbocycles. The fourth-order valence-corrected chi connectivity index (χ4v) is 2.99. The van der Waals surface area contributed by atoms with Gasteiger partial charge in [-0.1, -0.05) is 6.07 Å². The van der Waals surface area contributed by atoms with Crippen molar-refractivity contribution in [3.05, 3.63) is 42.9 Å². The molecule has 6 nitrogen and oxygen atoms in total. The second kappa shape index (κ2) is 4.92. The minimum atomic E-state index is 0.0672. The monoisotopic (exact) mass is 317 g/mol. The van der Waals surface area contributed by atoms with E-state index in [0.29, 0.717) is 5.82 Å². The number of rotatable bonds is 3. The van der Waals surface area contributed by atoms with E-state index in [0.717, 1.165) is 46.0 Å². The first kappa shape index (κ1) is 13.3. The van der Waals surface area contributed by atoms with Crippen molar-refractivity contribution in [1.29, 1.82) is 0 Å². The van der Waals surface area contributed by atoms with Gasteiger partial charge >= 0.3 is 0 Å². The molecular weight excluding hydrogens is 302 g/mol.